The van der Waals surface area contributed by atoms with Gasteiger partial charge in [0.1, 0.15) is 0 Å². The summed E-state index contributed by atoms with van der Waals surface area (Å²) < 4.78 is 28.7. The molecule has 0 bridgehead atoms. The van der Waals surface area contributed by atoms with E-state index in [4.69, 9.17) is 5.84 Å². The number of nitrogens with one attached hydrogen (secondary N) is 1. The quantitative estimate of drug-likeness (QED) is 0.612. The smallest absolute Gasteiger partial charge is 0.163 e. The number of hydrogen-bond acceptors (Lipinski definition) is 2. The van der Waals surface area contributed by atoms with E-state index in [0.717, 1.165) is 15.0 Å². The molecule has 0 aliphatic rings. The summed E-state index contributed by atoms with van der Waals surface area (Å²) in [5.41, 5.74) is 3.38. The van der Waals surface area contributed by atoms with Crippen LogP contribution in [0, 0.1) is 11.6 Å². The maximum absolute atomic E-state index is 13.8. The lowest BCUT2D eigenvalue weighted by Crippen LogP contribution is -2.29. The molecule has 2 rings (SSSR count). The van der Waals surface area contributed by atoms with Crippen LogP contribution in [0.1, 0.15) is 17.2 Å². The number of benzene rings is 2. The highest BCUT2D eigenvalue weighted by Crippen LogP contribution is 2.29. The molecule has 100 valence electrons. The second kappa shape index (κ2) is 6.09. The van der Waals surface area contributed by atoms with Gasteiger partial charge in [-0.2, -0.15) is 0 Å². The normalized spacial score (nSPS) is 12.5. The van der Waals surface area contributed by atoms with Crippen LogP contribution in [-0.2, 0) is 0 Å². The Hall–Kier alpha value is -0.820. The topological polar surface area (TPSA) is 38.0 Å². The summed E-state index contributed by atoms with van der Waals surface area (Å²) >= 11 is 6.70. The fourth-order valence-corrected chi connectivity index (χ4v) is 3.18. The Balaban J connectivity index is 2.53. The molecule has 0 fully saturated rings. The van der Waals surface area contributed by atoms with Crippen molar-refractivity contribution in [1.82, 2.24) is 5.43 Å². The lowest BCUT2D eigenvalue weighted by Gasteiger charge is -2.18. The highest BCUT2D eigenvalue weighted by molar-refractivity contribution is 9.11. The van der Waals surface area contributed by atoms with Gasteiger partial charge in [-0.05, 0) is 29.8 Å². The summed E-state index contributed by atoms with van der Waals surface area (Å²) in [7, 11) is 0. The molecule has 0 amide bonds. The van der Waals surface area contributed by atoms with Crippen LogP contribution in [0.2, 0.25) is 0 Å². The Bertz CT molecular complexity index is 585. The maximum atomic E-state index is 13.8. The molecular formula is C13H10Br2F2N2. The molecule has 1 unspecified atom stereocenters. The zero-order valence-electron chi connectivity index (χ0n) is 9.63. The summed E-state index contributed by atoms with van der Waals surface area (Å²) in [4.78, 5) is 0. The van der Waals surface area contributed by atoms with Gasteiger partial charge in [0.15, 0.2) is 11.6 Å². The number of halogens is 4. The summed E-state index contributed by atoms with van der Waals surface area (Å²) in [6.45, 7) is 0. The van der Waals surface area contributed by atoms with Crippen molar-refractivity contribution >= 4 is 31.9 Å². The van der Waals surface area contributed by atoms with Crippen LogP contribution in [0.25, 0.3) is 0 Å². The highest BCUT2D eigenvalue weighted by Gasteiger charge is 2.19. The average molecular weight is 392 g/mol. The molecule has 0 saturated carbocycles. The van der Waals surface area contributed by atoms with Crippen molar-refractivity contribution in [3.8, 4) is 0 Å². The van der Waals surface area contributed by atoms with E-state index in [1.807, 2.05) is 6.07 Å². The van der Waals surface area contributed by atoms with E-state index >= 15 is 0 Å². The first-order valence-corrected chi connectivity index (χ1v) is 6.97. The minimum atomic E-state index is -0.901. The molecule has 6 heteroatoms. The van der Waals surface area contributed by atoms with Gasteiger partial charge in [-0.25, -0.2) is 14.2 Å². The summed E-state index contributed by atoms with van der Waals surface area (Å²) in [6.07, 6.45) is 0. The van der Waals surface area contributed by atoms with Crippen LogP contribution in [0.3, 0.4) is 0 Å². The molecule has 0 radical (unpaired) electrons. The van der Waals surface area contributed by atoms with Gasteiger partial charge in [0, 0.05) is 14.5 Å². The van der Waals surface area contributed by atoms with Crippen LogP contribution >= 0.6 is 31.9 Å². The SMILES string of the molecule is NNC(c1cc(Br)cc(Br)c1)c1cccc(F)c1F. The van der Waals surface area contributed by atoms with Crippen molar-refractivity contribution in [2.24, 2.45) is 5.84 Å². The van der Waals surface area contributed by atoms with E-state index in [2.05, 4.69) is 37.3 Å². The average Bonchev–Trinajstić information content (AvgIpc) is 2.34. The third-order valence-corrected chi connectivity index (χ3v) is 3.59. The van der Waals surface area contributed by atoms with Crippen LogP contribution < -0.4 is 11.3 Å². The van der Waals surface area contributed by atoms with E-state index in [9.17, 15) is 8.78 Å². The van der Waals surface area contributed by atoms with E-state index in [1.165, 1.54) is 12.1 Å². The van der Waals surface area contributed by atoms with Crippen molar-refractivity contribution in [3.05, 3.63) is 68.1 Å². The Morgan fingerprint density at radius 2 is 1.68 bits per heavy atom. The molecule has 0 spiro atoms. The Kier molecular flexibility index (Phi) is 4.67. The van der Waals surface area contributed by atoms with Gasteiger partial charge in [-0.1, -0.05) is 44.0 Å². The van der Waals surface area contributed by atoms with Crippen LogP contribution in [0.4, 0.5) is 8.78 Å². The van der Waals surface area contributed by atoms with Gasteiger partial charge in [0.2, 0.25) is 0 Å². The molecular weight excluding hydrogens is 382 g/mol. The first-order valence-electron chi connectivity index (χ1n) is 5.39. The molecule has 0 saturated heterocycles. The van der Waals surface area contributed by atoms with Crippen molar-refractivity contribution in [1.29, 1.82) is 0 Å². The zero-order valence-corrected chi connectivity index (χ0v) is 12.8. The Morgan fingerprint density at radius 3 is 2.26 bits per heavy atom. The third-order valence-electron chi connectivity index (χ3n) is 2.68. The maximum Gasteiger partial charge on any atom is 0.163 e. The highest BCUT2D eigenvalue weighted by atomic mass is 79.9. The monoisotopic (exact) mass is 390 g/mol. The van der Waals surface area contributed by atoms with Crippen molar-refractivity contribution < 1.29 is 8.78 Å². The first kappa shape index (κ1) is 14.6. The fraction of sp³-hybridized carbons (Fsp3) is 0.0769. The van der Waals surface area contributed by atoms with Crippen LogP contribution in [-0.4, -0.2) is 0 Å². The Morgan fingerprint density at radius 1 is 1.05 bits per heavy atom. The molecule has 0 aliphatic carbocycles. The molecule has 2 aromatic carbocycles. The summed E-state index contributed by atoms with van der Waals surface area (Å²) in [6, 6.07) is 8.81. The summed E-state index contributed by atoms with van der Waals surface area (Å²) in [5, 5.41) is 0. The molecule has 0 aliphatic heterocycles. The molecule has 0 heterocycles. The molecule has 2 nitrogen and oxygen atoms in total. The second-order valence-corrected chi connectivity index (χ2v) is 5.78. The number of nitrogens with two attached hydrogens (primary N) is 1. The number of hydrogen-bond donors (Lipinski definition) is 2. The third kappa shape index (κ3) is 3.20. The molecule has 3 N–H and O–H groups in total. The van der Waals surface area contributed by atoms with Gasteiger partial charge in [0.25, 0.3) is 0 Å². The minimum Gasteiger partial charge on any atom is -0.271 e. The van der Waals surface area contributed by atoms with Crippen LogP contribution in [0.15, 0.2) is 45.3 Å². The summed E-state index contributed by atoms with van der Waals surface area (Å²) in [5.74, 6) is 3.69. The lowest BCUT2D eigenvalue weighted by atomic mass is 9.99. The molecule has 1 atom stereocenters. The van der Waals surface area contributed by atoms with E-state index in [-0.39, 0.29) is 5.56 Å². The fourth-order valence-electron chi connectivity index (χ4n) is 1.85. The lowest BCUT2D eigenvalue weighted by molar-refractivity contribution is 0.483. The molecule has 19 heavy (non-hydrogen) atoms. The van der Waals surface area contributed by atoms with Gasteiger partial charge in [-0.3, -0.25) is 5.84 Å². The van der Waals surface area contributed by atoms with Crippen molar-refractivity contribution in [2.45, 2.75) is 6.04 Å². The molecule has 2 aromatic rings. The second-order valence-electron chi connectivity index (χ2n) is 3.95. The first-order chi connectivity index (χ1) is 9.02. The predicted octanol–water partition coefficient (Wildman–Crippen LogP) is 4.04. The van der Waals surface area contributed by atoms with Gasteiger partial charge >= 0.3 is 0 Å². The zero-order chi connectivity index (χ0) is 14.0. The largest absolute Gasteiger partial charge is 0.271 e. The van der Waals surface area contributed by atoms with Gasteiger partial charge in [0.05, 0.1) is 6.04 Å². The van der Waals surface area contributed by atoms with E-state index < -0.39 is 17.7 Å². The number of hydrazine groups is 1. The predicted molar refractivity (Wildman–Crippen MR) is 77.4 cm³/mol. The Labute approximate surface area is 126 Å². The van der Waals surface area contributed by atoms with Crippen molar-refractivity contribution in [3.63, 3.8) is 0 Å². The minimum absolute atomic E-state index is 0.160. The number of rotatable bonds is 3. The standard InChI is InChI=1S/C13H10Br2F2N2/c14-8-4-7(5-9(15)6-8)13(19-18)10-2-1-3-11(16)12(10)17/h1-6,13,19H,18H2. The van der Waals surface area contributed by atoms with Crippen molar-refractivity contribution in [2.75, 3.05) is 0 Å². The van der Waals surface area contributed by atoms with E-state index in [0.29, 0.717) is 5.56 Å². The molecule has 0 aromatic heterocycles. The van der Waals surface area contributed by atoms with Crippen LogP contribution in [0.5, 0.6) is 0 Å². The van der Waals surface area contributed by atoms with Gasteiger partial charge in [-0.15, -0.1) is 0 Å². The van der Waals surface area contributed by atoms with E-state index in [1.54, 1.807) is 12.1 Å². The van der Waals surface area contributed by atoms with Gasteiger partial charge < -0.3 is 0 Å².